The number of benzene rings is 1. The Kier molecular flexibility index (Phi) is 5.77. The SMILES string of the molecule is Cc1cc(Cl)cnc1Nc1c(C(=O)NOC(C)(C)C)cc(F)c(F)c1F. The number of carbonyl (C=O) groups excluding carboxylic acids is 1. The maximum Gasteiger partial charge on any atom is 0.277 e. The van der Waals surface area contributed by atoms with E-state index in [0.29, 0.717) is 16.7 Å². The molecule has 0 spiro atoms. The van der Waals surface area contributed by atoms with Crippen molar-refractivity contribution >= 4 is 29.0 Å². The molecular formula is C17H17ClF3N3O2. The van der Waals surface area contributed by atoms with E-state index in [1.54, 1.807) is 27.7 Å². The van der Waals surface area contributed by atoms with E-state index in [2.05, 4.69) is 15.8 Å². The van der Waals surface area contributed by atoms with Crippen LogP contribution in [-0.4, -0.2) is 16.5 Å². The lowest BCUT2D eigenvalue weighted by Gasteiger charge is -2.20. The summed E-state index contributed by atoms with van der Waals surface area (Å²) >= 11 is 5.81. The van der Waals surface area contributed by atoms with Crippen molar-refractivity contribution in [3.8, 4) is 0 Å². The number of amides is 1. The van der Waals surface area contributed by atoms with Crippen molar-refractivity contribution in [3.63, 3.8) is 0 Å². The van der Waals surface area contributed by atoms with E-state index in [0.717, 1.165) is 0 Å². The minimum Gasteiger partial charge on any atom is -0.337 e. The Morgan fingerprint density at radius 2 is 1.85 bits per heavy atom. The van der Waals surface area contributed by atoms with Crippen molar-refractivity contribution in [3.05, 3.63) is 51.9 Å². The van der Waals surface area contributed by atoms with Crippen molar-refractivity contribution in [2.45, 2.75) is 33.3 Å². The number of nitrogens with one attached hydrogen (secondary N) is 2. The molecule has 0 fully saturated rings. The fourth-order valence-electron chi connectivity index (χ4n) is 1.94. The predicted molar refractivity (Wildman–Crippen MR) is 91.9 cm³/mol. The lowest BCUT2D eigenvalue weighted by atomic mass is 10.1. The Labute approximate surface area is 153 Å². The summed E-state index contributed by atoms with van der Waals surface area (Å²) in [5.41, 5.74) is 0.801. The standard InChI is InChI=1S/C17H17ClF3N3O2/c1-8-5-9(18)7-22-15(8)23-14-10(6-11(19)12(20)13(14)21)16(25)24-26-17(2,3)4/h5-7H,1-4H3,(H,22,23)(H,24,25). The molecule has 2 N–H and O–H groups in total. The van der Waals surface area contributed by atoms with Gasteiger partial charge in [0.15, 0.2) is 17.5 Å². The summed E-state index contributed by atoms with van der Waals surface area (Å²) in [7, 11) is 0. The molecule has 0 aliphatic heterocycles. The normalized spacial score (nSPS) is 11.4. The van der Waals surface area contributed by atoms with Gasteiger partial charge in [-0.3, -0.25) is 9.63 Å². The van der Waals surface area contributed by atoms with Gasteiger partial charge >= 0.3 is 0 Å². The Morgan fingerprint density at radius 1 is 1.19 bits per heavy atom. The number of hydroxylamine groups is 1. The summed E-state index contributed by atoms with van der Waals surface area (Å²) in [4.78, 5) is 21.3. The van der Waals surface area contributed by atoms with Gasteiger partial charge in [-0.05, 0) is 45.4 Å². The quantitative estimate of drug-likeness (QED) is 0.591. The van der Waals surface area contributed by atoms with Gasteiger partial charge in [0.1, 0.15) is 5.82 Å². The van der Waals surface area contributed by atoms with E-state index in [1.165, 1.54) is 12.3 Å². The second-order valence-electron chi connectivity index (χ2n) is 6.50. The topological polar surface area (TPSA) is 63.2 Å². The maximum absolute atomic E-state index is 14.3. The van der Waals surface area contributed by atoms with E-state index in [1.807, 2.05) is 0 Å². The van der Waals surface area contributed by atoms with Crippen LogP contribution in [0, 0.1) is 24.4 Å². The van der Waals surface area contributed by atoms with Crippen molar-refractivity contribution in [1.29, 1.82) is 0 Å². The van der Waals surface area contributed by atoms with Crippen LogP contribution in [-0.2, 0) is 4.84 Å². The molecule has 1 aromatic carbocycles. The molecule has 0 bridgehead atoms. The molecule has 9 heteroatoms. The van der Waals surface area contributed by atoms with Crippen molar-refractivity contribution in [1.82, 2.24) is 10.5 Å². The summed E-state index contributed by atoms with van der Waals surface area (Å²) in [5.74, 6) is -5.60. The third kappa shape index (κ3) is 4.64. The molecule has 2 rings (SSSR count). The van der Waals surface area contributed by atoms with Gasteiger partial charge < -0.3 is 5.32 Å². The van der Waals surface area contributed by atoms with Crippen LogP contribution in [0.5, 0.6) is 0 Å². The molecule has 0 radical (unpaired) electrons. The molecule has 140 valence electrons. The van der Waals surface area contributed by atoms with Crippen molar-refractivity contribution < 1.29 is 22.8 Å². The molecule has 5 nitrogen and oxygen atoms in total. The summed E-state index contributed by atoms with van der Waals surface area (Å²) in [5, 5.41) is 2.86. The van der Waals surface area contributed by atoms with Gasteiger partial charge in [0, 0.05) is 6.20 Å². The van der Waals surface area contributed by atoms with Gasteiger partial charge in [-0.25, -0.2) is 23.6 Å². The first kappa shape index (κ1) is 20.0. The average Bonchev–Trinajstić information content (AvgIpc) is 2.54. The van der Waals surface area contributed by atoms with Gasteiger partial charge in [-0.2, -0.15) is 0 Å². The van der Waals surface area contributed by atoms with Crippen LogP contribution in [0.25, 0.3) is 0 Å². The molecule has 0 atom stereocenters. The lowest BCUT2D eigenvalue weighted by Crippen LogP contribution is -2.34. The van der Waals surface area contributed by atoms with Crippen LogP contribution >= 0.6 is 11.6 Å². The van der Waals surface area contributed by atoms with Gasteiger partial charge in [0.2, 0.25) is 0 Å². The number of pyridine rings is 1. The highest BCUT2D eigenvalue weighted by atomic mass is 35.5. The first-order chi connectivity index (χ1) is 12.0. The molecule has 2 aromatic rings. The first-order valence-corrected chi connectivity index (χ1v) is 7.92. The zero-order chi connectivity index (χ0) is 19.6. The summed E-state index contributed by atoms with van der Waals surface area (Å²) in [6, 6.07) is 2.12. The van der Waals surface area contributed by atoms with Crippen LogP contribution in [0.15, 0.2) is 18.3 Å². The maximum atomic E-state index is 14.3. The highest BCUT2D eigenvalue weighted by Crippen LogP contribution is 2.29. The molecule has 0 aliphatic carbocycles. The Balaban J connectivity index is 2.46. The zero-order valence-electron chi connectivity index (χ0n) is 14.5. The molecule has 0 unspecified atom stereocenters. The number of anilines is 2. The molecular weight excluding hydrogens is 371 g/mol. The zero-order valence-corrected chi connectivity index (χ0v) is 15.3. The van der Waals surface area contributed by atoms with Crippen LogP contribution < -0.4 is 10.8 Å². The number of rotatable bonds is 4. The minimum absolute atomic E-state index is 0.130. The van der Waals surface area contributed by atoms with Crippen molar-refractivity contribution in [2.75, 3.05) is 5.32 Å². The summed E-state index contributed by atoms with van der Waals surface area (Å²) in [6.07, 6.45) is 1.29. The van der Waals surface area contributed by atoms with Crippen LogP contribution in [0.1, 0.15) is 36.7 Å². The molecule has 1 heterocycles. The predicted octanol–water partition coefficient (Wildman–Crippen LogP) is 4.66. The molecule has 1 amide bonds. The number of carbonyl (C=O) groups is 1. The number of hydrogen-bond acceptors (Lipinski definition) is 4. The van der Waals surface area contributed by atoms with Gasteiger partial charge in [0.25, 0.3) is 5.91 Å². The Morgan fingerprint density at radius 3 is 2.42 bits per heavy atom. The van der Waals surface area contributed by atoms with E-state index in [-0.39, 0.29) is 5.82 Å². The second-order valence-corrected chi connectivity index (χ2v) is 6.94. The number of hydrogen-bond donors (Lipinski definition) is 2. The van der Waals surface area contributed by atoms with E-state index < -0.39 is 40.2 Å². The fourth-order valence-corrected chi connectivity index (χ4v) is 2.15. The highest BCUT2D eigenvalue weighted by Gasteiger charge is 2.25. The fraction of sp³-hybridized carbons (Fsp3) is 0.294. The second kappa shape index (κ2) is 7.51. The summed E-state index contributed by atoms with van der Waals surface area (Å²) < 4.78 is 41.6. The number of aromatic nitrogens is 1. The van der Waals surface area contributed by atoms with Gasteiger partial charge in [-0.15, -0.1) is 0 Å². The third-order valence-corrected chi connectivity index (χ3v) is 3.35. The minimum atomic E-state index is -1.72. The molecule has 1 aromatic heterocycles. The summed E-state index contributed by atoms with van der Waals surface area (Å²) in [6.45, 7) is 6.62. The molecule has 0 aliphatic rings. The van der Waals surface area contributed by atoms with Gasteiger partial charge in [-0.1, -0.05) is 11.6 Å². The third-order valence-electron chi connectivity index (χ3n) is 3.15. The van der Waals surface area contributed by atoms with E-state index in [9.17, 15) is 18.0 Å². The Bertz CT molecular complexity index is 854. The van der Waals surface area contributed by atoms with Gasteiger partial charge in [0.05, 0.1) is 21.9 Å². The molecule has 0 saturated carbocycles. The monoisotopic (exact) mass is 387 g/mol. The number of aryl methyl sites for hydroxylation is 1. The molecule has 0 saturated heterocycles. The first-order valence-electron chi connectivity index (χ1n) is 7.54. The van der Waals surface area contributed by atoms with E-state index >= 15 is 0 Å². The van der Waals surface area contributed by atoms with Crippen LogP contribution in [0.2, 0.25) is 5.02 Å². The Hall–Kier alpha value is -2.32. The van der Waals surface area contributed by atoms with Crippen molar-refractivity contribution in [2.24, 2.45) is 0 Å². The van der Waals surface area contributed by atoms with E-state index in [4.69, 9.17) is 16.4 Å². The largest absolute Gasteiger partial charge is 0.337 e. The number of halogens is 4. The van der Waals surface area contributed by atoms with Crippen LogP contribution in [0.4, 0.5) is 24.7 Å². The number of nitrogens with zero attached hydrogens (tertiary/aromatic N) is 1. The smallest absolute Gasteiger partial charge is 0.277 e. The van der Waals surface area contributed by atoms with Crippen LogP contribution in [0.3, 0.4) is 0 Å². The lowest BCUT2D eigenvalue weighted by molar-refractivity contribution is -0.0589. The average molecular weight is 388 g/mol. The molecule has 26 heavy (non-hydrogen) atoms. The highest BCUT2D eigenvalue weighted by molar-refractivity contribution is 6.30.